The molecular formula is C17H19N7O3. The molecule has 1 aliphatic heterocycles. The second-order valence-corrected chi connectivity index (χ2v) is 6.37. The Morgan fingerprint density at radius 3 is 2.85 bits per heavy atom. The monoisotopic (exact) mass is 369 g/mol. The van der Waals surface area contributed by atoms with Gasteiger partial charge in [0.2, 0.25) is 5.82 Å². The predicted octanol–water partition coefficient (Wildman–Crippen LogP) is 1.07. The van der Waals surface area contributed by atoms with Gasteiger partial charge in [0, 0.05) is 24.7 Å². The average molecular weight is 369 g/mol. The summed E-state index contributed by atoms with van der Waals surface area (Å²) in [6, 6.07) is 5.34. The number of nitrogens with zero attached hydrogens (tertiary/aromatic N) is 4. The number of rotatable bonds is 5. The van der Waals surface area contributed by atoms with Crippen molar-refractivity contribution in [1.82, 2.24) is 35.6 Å². The molecule has 0 radical (unpaired) electrons. The molecule has 27 heavy (non-hydrogen) atoms. The Morgan fingerprint density at radius 1 is 1.30 bits per heavy atom. The van der Waals surface area contributed by atoms with Gasteiger partial charge < -0.3 is 14.6 Å². The molecule has 1 aliphatic rings. The lowest BCUT2D eigenvalue weighted by Gasteiger charge is -2.30. The molecule has 0 aliphatic carbocycles. The fourth-order valence-electron chi connectivity index (χ4n) is 3.19. The highest BCUT2D eigenvalue weighted by molar-refractivity contribution is 5.92. The zero-order chi connectivity index (χ0) is 18.6. The SMILES string of the molecule is O=C(NCc1ccco1)c1cc(C2CCN(C(=O)c3ncn[nH]3)CC2)[nH]n1. The van der Waals surface area contributed by atoms with Crippen LogP contribution in [0.3, 0.4) is 0 Å². The third-order valence-electron chi connectivity index (χ3n) is 4.67. The number of carbonyl (C=O) groups excluding carboxylic acids is 2. The van der Waals surface area contributed by atoms with E-state index in [-0.39, 0.29) is 23.6 Å². The molecule has 3 aromatic rings. The molecule has 0 aromatic carbocycles. The van der Waals surface area contributed by atoms with E-state index in [4.69, 9.17) is 4.42 Å². The zero-order valence-corrected chi connectivity index (χ0v) is 14.5. The maximum absolute atomic E-state index is 12.3. The summed E-state index contributed by atoms with van der Waals surface area (Å²) in [5.74, 6) is 0.761. The van der Waals surface area contributed by atoms with Gasteiger partial charge in [-0.2, -0.15) is 10.2 Å². The second kappa shape index (κ2) is 7.44. The minimum atomic E-state index is -0.258. The number of piperidine rings is 1. The number of amides is 2. The van der Waals surface area contributed by atoms with Crippen molar-refractivity contribution in [3.8, 4) is 0 Å². The van der Waals surface area contributed by atoms with E-state index in [1.165, 1.54) is 6.33 Å². The van der Waals surface area contributed by atoms with E-state index < -0.39 is 0 Å². The van der Waals surface area contributed by atoms with Gasteiger partial charge in [0.1, 0.15) is 17.8 Å². The first-order valence-electron chi connectivity index (χ1n) is 8.71. The number of hydrogen-bond donors (Lipinski definition) is 3. The molecule has 0 unspecified atom stereocenters. The highest BCUT2D eigenvalue weighted by Crippen LogP contribution is 2.27. The third kappa shape index (κ3) is 3.73. The van der Waals surface area contributed by atoms with Crippen LogP contribution in [0.4, 0.5) is 0 Å². The van der Waals surface area contributed by atoms with Gasteiger partial charge in [-0.3, -0.25) is 19.8 Å². The third-order valence-corrected chi connectivity index (χ3v) is 4.67. The number of furan rings is 1. The highest BCUT2D eigenvalue weighted by Gasteiger charge is 2.27. The summed E-state index contributed by atoms with van der Waals surface area (Å²) < 4.78 is 5.19. The van der Waals surface area contributed by atoms with Crippen molar-refractivity contribution in [2.24, 2.45) is 0 Å². The van der Waals surface area contributed by atoms with Crippen LogP contribution in [0.15, 0.2) is 35.2 Å². The number of carbonyl (C=O) groups is 2. The van der Waals surface area contributed by atoms with E-state index in [0.29, 0.717) is 31.1 Å². The Balaban J connectivity index is 1.31. The van der Waals surface area contributed by atoms with Crippen molar-refractivity contribution in [3.63, 3.8) is 0 Å². The van der Waals surface area contributed by atoms with E-state index in [1.807, 2.05) is 0 Å². The highest BCUT2D eigenvalue weighted by atomic mass is 16.3. The summed E-state index contributed by atoms with van der Waals surface area (Å²) in [5.41, 5.74) is 1.25. The topological polar surface area (TPSA) is 133 Å². The van der Waals surface area contributed by atoms with E-state index in [9.17, 15) is 9.59 Å². The lowest BCUT2D eigenvalue weighted by Crippen LogP contribution is -2.38. The Kier molecular flexibility index (Phi) is 4.69. The van der Waals surface area contributed by atoms with Crippen LogP contribution >= 0.6 is 0 Å². The quantitative estimate of drug-likeness (QED) is 0.616. The summed E-state index contributed by atoms with van der Waals surface area (Å²) in [6.07, 6.45) is 4.46. The lowest BCUT2D eigenvalue weighted by molar-refractivity contribution is 0.0700. The molecule has 3 aromatic heterocycles. The lowest BCUT2D eigenvalue weighted by atomic mass is 9.93. The van der Waals surface area contributed by atoms with Crippen molar-refractivity contribution < 1.29 is 14.0 Å². The van der Waals surface area contributed by atoms with Crippen LogP contribution < -0.4 is 5.32 Å². The van der Waals surface area contributed by atoms with Crippen LogP contribution in [-0.2, 0) is 6.54 Å². The first kappa shape index (κ1) is 17.0. The van der Waals surface area contributed by atoms with Crippen molar-refractivity contribution in [3.05, 3.63) is 53.8 Å². The molecular weight excluding hydrogens is 350 g/mol. The molecule has 10 heteroatoms. The molecule has 2 amide bonds. The molecule has 0 bridgehead atoms. The number of likely N-dealkylation sites (tertiary alicyclic amines) is 1. The van der Waals surface area contributed by atoms with E-state index in [2.05, 4.69) is 30.7 Å². The number of H-pyrrole nitrogens is 2. The summed E-state index contributed by atoms with van der Waals surface area (Å²) in [4.78, 5) is 30.1. The summed E-state index contributed by atoms with van der Waals surface area (Å²) >= 11 is 0. The molecule has 4 heterocycles. The van der Waals surface area contributed by atoms with Crippen molar-refractivity contribution in [2.75, 3.05) is 13.1 Å². The molecule has 10 nitrogen and oxygen atoms in total. The van der Waals surface area contributed by atoms with Crippen LogP contribution in [0.1, 0.15) is 51.3 Å². The van der Waals surface area contributed by atoms with Crippen molar-refractivity contribution in [2.45, 2.75) is 25.3 Å². The first-order valence-corrected chi connectivity index (χ1v) is 8.71. The van der Waals surface area contributed by atoms with Gasteiger partial charge in [0.25, 0.3) is 11.8 Å². The Bertz CT molecular complexity index is 893. The smallest absolute Gasteiger partial charge is 0.291 e. The number of aromatic nitrogens is 5. The maximum Gasteiger partial charge on any atom is 0.291 e. The second-order valence-electron chi connectivity index (χ2n) is 6.37. The van der Waals surface area contributed by atoms with E-state index in [0.717, 1.165) is 18.5 Å². The van der Waals surface area contributed by atoms with Gasteiger partial charge in [-0.15, -0.1) is 0 Å². The molecule has 0 atom stereocenters. The van der Waals surface area contributed by atoms with Gasteiger partial charge in [0.05, 0.1) is 12.8 Å². The van der Waals surface area contributed by atoms with Gasteiger partial charge in [-0.1, -0.05) is 0 Å². The summed E-state index contributed by atoms with van der Waals surface area (Å²) in [5, 5.41) is 16.1. The molecule has 3 N–H and O–H groups in total. The van der Waals surface area contributed by atoms with Crippen LogP contribution in [0, 0.1) is 0 Å². The number of aromatic amines is 2. The summed E-state index contributed by atoms with van der Waals surface area (Å²) in [6.45, 7) is 1.54. The van der Waals surface area contributed by atoms with Crippen LogP contribution in [0.25, 0.3) is 0 Å². The van der Waals surface area contributed by atoms with E-state index >= 15 is 0 Å². The van der Waals surface area contributed by atoms with Gasteiger partial charge >= 0.3 is 0 Å². The number of nitrogens with one attached hydrogen (secondary N) is 3. The normalized spacial score (nSPS) is 15.0. The van der Waals surface area contributed by atoms with Gasteiger partial charge in [-0.05, 0) is 31.0 Å². The molecule has 0 saturated carbocycles. The molecule has 1 fully saturated rings. The molecule has 0 spiro atoms. The minimum absolute atomic E-state index is 0.145. The minimum Gasteiger partial charge on any atom is -0.467 e. The predicted molar refractivity (Wildman–Crippen MR) is 92.7 cm³/mol. The van der Waals surface area contributed by atoms with Crippen LogP contribution in [0.2, 0.25) is 0 Å². The van der Waals surface area contributed by atoms with Crippen molar-refractivity contribution >= 4 is 11.8 Å². The molecule has 4 rings (SSSR count). The zero-order valence-electron chi connectivity index (χ0n) is 14.5. The van der Waals surface area contributed by atoms with Gasteiger partial charge in [-0.25, -0.2) is 4.98 Å². The molecule has 140 valence electrons. The average Bonchev–Trinajstić information content (AvgIpc) is 3.48. The summed E-state index contributed by atoms with van der Waals surface area (Å²) in [7, 11) is 0. The Labute approximate surface area is 154 Å². The maximum atomic E-state index is 12.3. The fraction of sp³-hybridized carbons (Fsp3) is 0.353. The largest absolute Gasteiger partial charge is 0.467 e. The van der Waals surface area contributed by atoms with Gasteiger partial charge in [0.15, 0.2) is 0 Å². The van der Waals surface area contributed by atoms with Crippen molar-refractivity contribution in [1.29, 1.82) is 0 Å². The Hall–Kier alpha value is -3.43. The van der Waals surface area contributed by atoms with Crippen LogP contribution in [0.5, 0.6) is 0 Å². The molecule has 1 saturated heterocycles. The first-order chi connectivity index (χ1) is 13.2. The van der Waals surface area contributed by atoms with E-state index in [1.54, 1.807) is 29.4 Å². The van der Waals surface area contributed by atoms with Crippen LogP contribution in [-0.4, -0.2) is 55.2 Å². The number of hydrogen-bond acceptors (Lipinski definition) is 6. The fourth-order valence-corrected chi connectivity index (χ4v) is 3.19. The Morgan fingerprint density at radius 2 is 2.15 bits per heavy atom. The standard InChI is InChI=1S/C17H19N7O3/c25-16(18-9-12-2-1-7-27-12)14-8-13(21-22-14)11-3-5-24(6-4-11)17(26)15-19-10-20-23-15/h1-2,7-8,10-11H,3-6,9H2,(H,18,25)(H,21,22)(H,19,20,23).